The van der Waals surface area contributed by atoms with Crippen LogP contribution < -0.4 is 10.5 Å². The highest BCUT2D eigenvalue weighted by Gasteiger charge is 2.17. The Morgan fingerprint density at radius 3 is 2.48 bits per heavy atom. The smallest absolute Gasteiger partial charge is 0.354 e. The van der Waals surface area contributed by atoms with Crippen molar-refractivity contribution in [3.63, 3.8) is 0 Å². The molecule has 21 heavy (non-hydrogen) atoms. The lowest BCUT2D eigenvalue weighted by Crippen LogP contribution is -2.21. The number of anilines is 1. The van der Waals surface area contributed by atoms with Gasteiger partial charge in [-0.1, -0.05) is 13.8 Å². The van der Waals surface area contributed by atoms with E-state index in [9.17, 15) is 10.1 Å². The molecule has 0 spiro atoms. The van der Waals surface area contributed by atoms with Crippen molar-refractivity contribution in [3.8, 4) is 6.07 Å². The Kier molecular flexibility index (Phi) is 4.32. The van der Waals surface area contributed by atoms with Gasteiger partial charge >= 0.3 is 5.63 Å². The van der Waals surface area contributed by atoms with Crippen LogP contribution >= 0.6 is 0 Å². The molecule has 2 aromatic rings. The van der Waals surface area contributed by atoms with Gasteiger partial charge in [-0.05, 0) is 37.5 Å². The molecule has 4 heteroatoms. The summed E-state index contributed by atoms with van der Waals surface area (Å²) >= 11 is 0. The first-order valence-electron chi connectivity index (χ1n) is 7.29. The highest BCUT2D eigenvalue weighted by molar-refractivity contribution is 5.85. The van der Waals surface area contributed by atoms with Gasteiger partial charge in [-0.3, -0.25) is 0 Å². The predicted molar refractivity (Wildman–Crippen MR) is 84.8 cm³/mol. The highest BCUT2D eigenvalue weighted by atomic mass is 16.4. The Balaban J connectivity index is 2.77. The van der Waals surface area contributed by atoms with Crippen molar-refractivity contribution in [1.82, 2.24) is 0 Å². The fourth-order valence-electron chi connectivity index (χ4n) is 2.70. The third-order valence-electron chi connectivity index (χ3n) is 3.75. The van der Waals surface area contributed by atoms with Gasteiger partial charge in [0.1, 0.15) is 17.2 Å². The molecule has 0 fully saturated rings. The number of fused-ring (bicyclic) bond motifs is 1. The average molecular weight is 284 g/mol. The molecule has 0 aliphatic rings. The minimum absolute atomic E-state index is 0.0885. The molecule has 0 unspecified atom stereocenters. The molecule has 0 N–H and O–H groups in total. The van der Waals surface area contributed by atoms with Gasteiger partial charge in [0.2, 0.25) is 0 Å². The van der Waals surface area contributed by atoms with Crippen LogP contribution in [0.2, 0.25) is 0 Å². The van der Waals surface area contributed by atoms with E-state index in [2.05, 4.69) is 18.7 Å². The summed E-state index contributed by atoms with van der Waals surface area (Å²) in [5.41, 5.74) is 1.91. The summed E-state index contributed by atoms with van der Waals surface area (Å²) < 4.78 is 5.35. The predicted octanol–water partition coefficient (Wildman–Crippen LogP) is 3.63. The zero-order valence-corrected chi connectivity index (χ0v) is 12.9. The summed E-state index contributed by atoms with van der Waals surface area (Å²) in [4.78, 5) is 14.2. The molecule has 1 aromatic carbocycles. The second-order valence-electron chi connectivity index (χ2n) is 5.30. The van der Waals surface area contributed by atoms with Crippen LogP contribution in [0.5, 0.6) is 0 Å². The van der Waals surface area contributed by atoms with E-state index in [1.807, 2.05) is 38.1 Å². The molecular weight excluding hydrogens is 264 g/mol. The molecule has 0 aliphatic heterocycles. The van der Waals surface area contributed by atoms with E-state index in [1.54, 1.807) is 0 Å². The van der Waals surface area contributed by atoms with Crippen molar-refractivity contribution in [2.24, 2.45) is 0 Å². The number of rotatable bonds is 4. The number of hydrogen-bond acceptors (Lipinski definition) is 4. The lowest BCUT2D eigenvalue weighted by atomic mass is 9.95. The van der Waals surface area contributed by atoms with Gasteiger partial charge in [0.25, 0.3) is 0 Å². The normalized spacial score (nSPS) is 10.9. The maximum absolute atomic E-state index is 12.0. The van der Waals surface area contributed by atoms with Crippen LogP contribution in [0, 0.1) is 11.3 Å². The van der Waals surface area contributed by atoms with Crippen molar-refractivity contribution in [2.45, 2.75) is 33.6 Å². The third kappa shape index (κ3) is 2.64. The van der Waals surface area contributed by atoms with Crippen LogP contribution in [-0.4, -0.2) is 13.1 Å². The largest absolute Gasteiger partial charge is 0.422 e. The van der Waals surface area contributed by atoms with Gasteiger partial charge in [0.15, 0.2) is 0 Å². The molecule has 1 heterocycles. The lowest BCUT2D eigenvalue weighted by molar-refractivity contribution is 0.554. The summed E-state index contributed by atoms with van der Waals surface area (Å²) in [5, 5.41) is 10.1. The summed E-state index contributed by atoms with van der Waals surface area (Å²) in [6.45, 7) is 9.91. The zero-order chi connectivity index (χ0) is 15.6. The van der Waals surface area contributed by atoms with Crippen molar-refractivity contribution < 1.29 is 4.42 Å². The van der Waals surface area contributed by atoms with Gasteiger partial charge in [-0.2, -0.15) is 5.26 Å². The Morgan fingerprint density at radius 1 is 1.29 bits per heavy atom. The van der Waals surface area contributed by atoms with Crippen molar-refractivity contribution in [3.05, 3.63) is 39.7 Å². The fraction of sp³-hybridized carbons (Fsp3) is 0.412. The number of nitriles is 1. The Labute approximate surface area is 124 Å². The number of benzene rings is 1. The summed E-state index contributed by atoms with van der Waals surface area (Å²) in [7, 11) is 0. The van der Waals surface area contributed by atoms with Crippen molar-refractivity contribution in [1.29, 1.82) is 5.26 Å². The lowest BCUT2D eigenvalue weighted by Gasteiger charge is -2.21. The molecule has 0 saturated heterocycles. The van der Waals surface area contributed by atoms with E-state index in [4.69, 9.17) is 4.42 Å². The molecule has 0 bridgehead atoms. The van der Waals surface area contributed by atoms with E-state index >= 15 is 0 Å². The summed E-state index contributed by atoms with van der Waals surface area (Å²) in [6, 6.07) is 7.83. The Bertz CT molecular complexity index is 750. The van der Waals surface area contributed by atoms with E-state index in [-0.39, 0.29) is 11.5 Å². The second kappa shape index (κ2) is 6.01. The van der Waals surface area contributed by atoms with Gasteiger partial charge in [0.05, 0.1) is 0 Å². The van der Waals surface area contributed by atoms with Crippen molar-refractivity contribution >= 4 is 16.7 Å². The Morgan fingerprint density at radius 2 is 1.95 bits per heavy atom. The summed E-state index contributed by atoms with van der Waals surface area (Å²) in [6.07, 6.45) is 0. The average Bonchev–Trinajstić information content (AvgIpc) is 2.46. The quantitative estimate of drug-likeness (QED) is 0.804. The molecule has 1 aromatic heterocycles. The first-order valence-corrected chi connectivity index (χ1v) is 7.29. The van der Waals surface area contributed by atoms with Crippen LogP contribution in [0.1, 0.15) is 44.7 Å². The zero-order valence-electron chi connectivity index (χ0n) is 12.9. The van der Waals surface area contributed by atoms with Crippen molar-refractivity contribution in [2.75, 3.05) is 18.0 Å². The minimum Gasteiger partial charge on any atom is -0.422 e. The van der Waals surface area contributed by atoms with E-state index in [0.29, 0.717) is 5.58 Å². The SMILES string of the molecule is CCN(CC)c1ccc2c(C(C)C)c(C#N)c(=O)oc2c1. The molecule has 0 aliphatic carbocycles. The van der Waals surface area contributed by atoms with E-state index < -0.39 is 5.63 Å². The maximum Gasteiger partial charge on any atom is 0.354 e. The van der Waals surface area contributed by atoms with Crippen LogP contribution in [0.25, 0.3) is 11.0 Å². The summed E-state index contributed by atoms with van der Waals surface area (Å²) in [5.74, 6) is 0.0885. The Hall–Kier alpha value is -2.28. The van der Waals surface area contributed by atoms with E-state index in [0.717, 1.165) is 29.7 Å². The monoisotopic (exact) mass is 284 g/mol. The second-order valence-corrected chi connectivity index (χ2v) is 5.30. The first-order chi connectivity index (χ1) is 10.0. The fourth-order valence-corrected chi connectivity index (χ4v) is 2.70. The standard InChI is InChI=1S/C17H20N2O2/c1-5-19(6-2)12-7-8-13-15(9-12)21-17(20)14(10-18)16(13)11(3)4/h7-9,11H,5-6H2,1-4H3. The van der Waals surface area contributed by atoms with Crippen LogP contribution in [0.15, 0.2) is 27.4 Å². The van der Waals surface area contributed by atoms with Crippen LogP contribution in [0.3, 0.4) is 0 Å². The number of hydrogen-bond donors (Lipinski definition) is 0. The van der Waals surface area contributed by atoms with Gasteiger partial charge in [0, 0.05) is 30.2 Å². The molecule has 0 saturated carbocycles. The van der Waals surface area contributed by atoms with Gasteiger partial charge in [-0.25, -0.2) is 4.79 Å². The van der Waals surface area contributed by atoms with Crippen LogP contribution in [0.4, 0.5) is 5.69 Å². The number of nitrogens with zero attached hydrogens (tertiary/aromatic N) is 2. The molecule has 4 nitrogen and oxygen atoms in total. The topological polar surface area (TPSA) is 57.2 Å². The third-order valence-corrected chi connectivity index (χ3v) is 3.75. The van der Waals surface area contributed by atoms with Gasteiger partial charge < -0.3 is 9.32 Å². The van der Waals surface area contributed by atoms with E-state index in [1.165, 1.54) is 0 Å². The molecular formula is C17H20N2O2. The first kappa shape index (κ1) is 15.1. The minimum atomic E-state index is -0.551. The maximum atomic E-state index is 12.0. The van der Waals surface area contributed by atoms with Gasteiger partial charge in [-0.15, -0.1) is 0 Å². The highest BCUT2D eigenvalue weighted by Crippen LogP contribution is 2.29. The molecule has 0 atom stereocenters. The van der Waals surface area contributed by atoms with Crippen LogP contribution in [-0.2, 0) is 0 Å². The molecule has 2 rings (SSSR count). The molecule has 110 valence electrons. The molecule has 0 amide bonds. The molecule has 0 radical (unpaired) electrons.